The molecular formula is C7H9NO3. The molecule has 0 radical (unpaired) electrons. The van der Waals surface area contributed by atoms with Gasteiger partial charge >= 0.3 is 0 Å². The zero-order valence-electron chi connectivity index (χ0n) is 6.43. The summed E-state index contributed by atoms with van der Waals surface area (Å²) < 4.78 is 4.97. The SMILES string of the molecule is COC1(C)CC(=C=O)C(=O)N1. The minimum atomic E-state index is -0.718. The second-order valence-electron chi connectivity index (χ2n) is 2.65. The molecule has 0 aromatic rings. The highest BCUT2D eigenvalue weighted by atomic mass is 16.5. The molecule has 11 heavy (non-hydrogen) atoms. The summed E-state index contributed by atoms with van der Waals surface area (Å²) in [5.74, 6) is 1.19. The summed E-state index contributed by atoms with van der Waals surface area (Å²) in [7, 11) is 1.48. The third-order valence-electron chi connectivity index (χ3n) is 1.74. The number of carbonyl (C=O) groups is 1. The fourth-order valence-electron chi connectivity index (χ4n) is 0.983. The average Bonchev–Trinajstić information content (AvgIpc) is 2.27. The maximum atomic E-state index is 10.9. The fraction of sp³-hybridized carbons (Fsp3) is 0.571. The first-order chi connectivity index (χ1) is 5.11. The van der Waals surface area contributed by atoms with Gasteiger partial charge in [0.05, 0.1) is 0 Å². The zero-order chi connectivity index (χ0) is 8.48. The molecule has 1 saturated heterocycles. The third-order valence-corrected chi connectivity index (χ3v) is 1.74. The van der Waals surface area contributed by atoms with Crippen molar-refractivity contribution < 1.29 is 14.3 Å². The first kappa shape index (κ1) is 7.98. The van der Waals surface area contributed by atoms with Gasteiger partial charge in [-0.05, 0) is 6.92 Å². The van der Waals surface area contributed by atoms with Crippen molar-refractivity contribution in [3.05, 3.63) is 5.57 Å². The van der Waals surface area contributed by atoms with Crippen LogP contribution < -0.4 is 5.32 Å². The third kappa shape index (κ3) is 1.31. The lowest BCUT2D eigenvalue weighted by molar-refractivity contribution is -0.120. The van der Waals surface area contributed by atoms with Gasteiger partial charge in [-0.3, -0.25) is 4.79 Å². The van der Waals surface area contributed by atoms with Gasteiger partial charge in [-0.25, -0.2) is 4.79 Å². The largest absolute Gasteiger partial charge is 0.359 e. The quantitative estimate of drug-likeness (QED) is 0.415. The lowest BCUT2D eigenvalue weighted by atomic mass is 10.1. The van der Waals surface area contributed by atoms with E-state index in [0.29, 0.717) is 0 Å². The van der Waals surface area contributed by atoms with Gasteiger partial charge < -0.3 is 10.1 Å². The highest BCUT2D eigenvalue weighted by molar-refractivity contribution is 6.03. The van der Waals surface area contributed by atoms with Crippen molar-refractivity contribution in [3.8, 4) is 0 Å². The van der Waals surface area contributed by atoms with Gasteiger partial charge in [0.25, 0.3) is 5.91 Å². The average molecular weight is 155 g/mol. The van der Waals surface area contributed by atoms with E-state index < -0.39 is 5.72 Å². The predicted octanol–water partition coefficient (Wildman–Crippen LogP) is -0.373. The molecule has 0 aliphatic carbocycles. The van der Waals surface area contributed by atoms with Crippen LogP contribution in [0.3, 0.4) is 0 Å². The second kappa shape index (κ2) is 2.49. The minimum Gasteiger partial charge on any atom is -0.359 e. The van der Waals surface area contributed by atoms with E-state index in [1.54, 1.807) is 12.9 Å². The van der Waals surface area contributed by atoms with Crippen LogP contribution in [-0.4, -0.2) is 24.7 Å². The monoisotopic (exact) mass is 155 g/mol. The van der Waals surface area contributed by atoms with E-state index >= 15 is 0 Å². The van der Waals surface area contributed by atoms with E-state index in [1.807, 2.05) is 0 Å². The molecule has 60 valence electrons. The van der Waals surface area contributed by atoms with E-state index in [0.717, 1.165) is 0 Å². The van der Waals surface area contributed by atoms with Crippen LogP contribution >= 0.6 is 0 Å². The number of hydrogen-bond donors (Lipinski definition) is 1. The molecule has 4 nitrogen and oxygen atoms in total. The van der Waals surface area contributed by atoms with E-state index in [1.165, 1.54) is 7.11 Å². The topological polar surface area (TPSA) is 55.4 Å². The molecular weight excluding hydrogens is 146 g/mol. The molecule has 0 aromatic carbocycles. The Kier molecular flexibility index (Phi) is 1.81. The maximum absolute atomic E-state index is 10.9. The maximum Gasteiger partial charge on any atom is 0.260 e. The Balaban J connectivity index is 2.87. The molecule has 1 amide bonds. The molecule has 1 N–H and O–H groups in total. The summed E-state index contributed by atoms with van der Waals surface area (Å²) in [6, 6.07) is 0. The second-order valence-corrected chi connectivity index (χ2v) is 2.65. The summed E-state index contributed by atoms with van der Waals surface area (Å²) in [4.78, 5) is 21.0. The van der Waals surface area contributed by atoms with Crippen molar-refractivity contribution >= 4 is 11.8 Å². The summed E-state index contributed by atoms with van der Waals surface area (Å²) in [6.45, 7) is 1.70. The Morgan fingerprint density at radius 1 is 1.73 bits per heavy atom. The first-order valence-corrected chi connectivity index (χ1v) is 3.23. The number of ether oxygens (including phenoxy) is 1. The first-order valence-electron chi connectivity index (χ1n) is 3.23. The van der Waals surface area contributed by atoms with E-state index in [4.69, 9.17) is 4.74 Å². The van der Waals surface area contributed by atoms with Gasteiger partial charge in [0.1, 0.15) is 17.2 Å². The number of carbonyl (C=O) groups excluding carboxylic acids is 2. The van der Waals surface area contributed by atoms with Gasteiger partial charge in [-0.2, -0.15) is 0 Å². The summed E-state index contributed by atoms with van der Waals surface area (Å²) in [6.07, 6.45) is 0.284. The van der Waals surface area contributed by atoms with Crippen LogP contribution in [-0.2, 0) is 14.3 Å². The molecule has 0 bridgehead atoms. The Morgan fingerprint density at radius 3 is 2.64 bits per heavy atom. The normalized spacial score (nSPS) is 30.0. The highest BCUT2D eigenvalue weighted by Crippen LogP contribution is 2.22. The summed E-state index contributed by atoms with van der Waals surface area (Å²) >= 11 is 0. The van der Waals surface area contributed by atoms with Crippen LogP contribution in [0, 0.1) is 0 Å². The predicted molar refractivity (Wildman–Crippen MR) is 37.4 cm³/mol. The van der Waals surface area contributed by atoms with Crippen LogP contribution in [0.2, 0.25) is 0 Å². The molecule has 1 fully saturated rings. The smallest absolute Gasteiger partial charge is 0.260 e. The van der Waals surface area contributed by atoms with E-state index in [9.17, 15) is 9.59 Å². The molecule has 1 aliphatic rings. The van der Waals surface area contributed by atoms with Crippen LogP contribution in [0.1, 0.15) is 13.3 Å². The van der Waals surface area contributed by atoms with E-state index in [-0.39, 0.29) is 17.9 Å². The van der Waals surface area contributed by atoms with Gasteiger partial charge in [0.15, 0.2) is 0 Å². The van der Waals surface area contributed by atoms with Gasteiger partial charge in [-0.1, -0.05) is 0 Å². The zero-order valence-corrected chi connectivity index (χ0v) is 6.43. The van der Waals surface area contributed by atoms with Gasteiger partial charge in [-0.15, -0.1) is 0 Å². The molecule has 1 rings (SSSR count). The van der Waals surface area contributed by atoms with Crippen LogP contribution in [0.25, 0.3) is 0 Å². The molecule has 4 heteroatoms. The van der Waals surface area contributed by atoms with Gasteiger partial charge in [0, 0.05) is 13.5 Å². The Morgan fingerprint density at radius 2 is 2.36 bits per heavy atom. The van der Waals surface area contributed by atoms with Crippen LogP contribution in [0.15, 0.2) is 5.57 Å². The molecule has 1 heterocycles. The number of hydrogen-bond acceptors (Lipinski definition) is 3. The number of amides is 1. The molecule has 0 spiro atoms. The molecule has 1 unspecified atom stereocenters. The Hall–Kier alpha value is -1.12. The molecule has 1 atom stereocenters. The summed E-state index contributed by atoms with van der Waals surface area (Å²) in [5, 5.41) is 2.52. The Bertz CT molecular complexity index is 242. The standard InChI is InChI=1S/C7H9NO3/c1-7(11-2)3-5(4-9)6(10)8-7/h3H2,1-2H3,(H,8,10). The number of nitrogens with one attached hydrogen (secondary N) is 1. The molecule has 0 aromatic heterocycles. The van der Waals surface area contributed by atoms with Crippen LogP contribution in [0.4, 0.5) is 0 Å². The number of rotatable bonds is 1. The summed E-state index contributed by atoms with van der Waals surface area (Å²) in [5.41, 5.74) is -0.599. The van der Waals surface area contributed by atoms with Crippen molar-refractivity contribution in [2.45, 2.75) is 19.1 Å². The lowest BCUT2D eigenvalue weighted by Gasteiger charge is -2.20. The number of methoxy groups -OCH3 is 1. The Labute approximate surface area is 64.2 Å². The fourth-order valence-corrected chi connectivity index (χ4v) is 0.983. The molecule has 0 saturated carbocycles. The van der Waals surface area contributed by atoms with Crippen molar-refractivity contribution in [1.29, 1.82) is 0 Å². The highest BCUT2D eigenvalue weighted by Gasteiger charge is 2.37. The van der Waals surface area contributed by atoms with Crippen molar-refractivity contribution in [2.75, 3.05) is 7.11 Å². The minimum absolute atomic E-state index is 0.120. The molecule has 1 aliphatic heterocycles. The van der Waals surface area contributed by atoms with Crippen molar-refractivity contribution in [3.63, 3.8) is 0 Å². The van der Waals surface area contributed by atoms with Gasteiger partial charge in [0.2, 0.25) is 0 Å². The lowest BCUT2D eigenvalue weighted by Crippen LogP contribution is -2.39. The van der Waals surface area contributed by atoms with E-state index in [2.05, 4.69) is 5.32 Å². The van der Waals surface area contributed by atoms with Crippen molar-refractivity contribution in [2.24, 2.45) is 0 Å². The van der Waals surface area contributed by atoms with Crippen LogP contribution in [0.5, 0.6) is 0 Å². The van der Waals surface area contributed by atoms with Crippen molar-refractivity contribution in [1.82, 2.24) is 5.32 Å².